The molecule has 0 radical (unpaired) electrons. The van der Waals surface area contributed by atoms with Gasteiger partial charge in [0.1, 0.15) is 6.07 Å². The van der Waals surface area contributed by atoms with Gasteiger partial charge in [-0.1, -0.05) is 30.7 Å². The molecule has 0 aliphatic heterocycles. The topological polar surface area (TPSA) is 35.8 Å². The van der Waals surface area contributed by atoms with Crippen molar-refractivity contribution in [2.75, 3.05) is 5.32 Å². The summed E-state index contributed by atoms with van der Waals surface area (Å²) >= 11 is 7.74. The summed E-state index contributed by atoms with van der Waals surface area (Å²) in [4.78, 5) is 1.27. The number of rotatable bonds is 4. The molecule has 2 aromatic rings. The molecule has 1 unspecified atom stereocenters. The quantitative estimate of drug-likeness (QED) is 0.868. The Kier molecular flexibility index (Phi) is 4.24. The van der Waals surface area contributed by atoms with Crippen LogP contribution in [0.3, 0.4) is 0 Å². The van der Waals surface area contributed by atoms with Crippen LogP contribution in [0, 0.1) is 11.3 Å². The molecule has 1 aromatic heterocycles. The van der Waals surface area contributed by atoms with E-state index >= 15 is 0 Å². The number of nitriles is 1. The summed E-state index contributed by atoms with van der Waals surface area (Å²) < 4.78 is 0. The summed E-state index contributed by atoms with van der Waals surface area (Å²) in [5.41, 5.74) is 1.31. The van der Waals surface area contributed by atoms with E-state index in [-0.39, 0.29) is 6.04 Å². The Balaban J connectivity index is 2.29. The van der Waals surface area contributed by atoms with Gasteiger partial charge < -0.3 is 5.32 Å². The first kappa shape index (κ1) is 12.9. The third-order valence-electron chi connectivity index (χ3n) is 2.75. The minimum Gasteiger partial charge on any atom is -0.376 e. The molecule has 92 valence electrons. The third-order valence-corrected chi connectivity index (χ3v) is 4.05. The van der Waals surface area contributed by atoms with Crippen molar-refractivity contribution in [1.82, 2.24) is 0 Å². The molecule has 0 aliphatic rings. The van der Waals surface area contributed by atoms with Crippen molar-refractivity contribution in [2.45, 2.75) is 19.4 Å². The summed E-state index contributed by atoms with van der Waals surface area (Å²) in [6, 6.07) is 12.0. The minimum absolute atomic E-state index is 0.218. The molecule has 18 heavy (non-hydrogen) atoms. The van der Waals surface area contributed by atoms with Gasteiger partial charge in [0.05, 0.1) is 22.3 Å². The molecule has 1 atom stereocenters. The molecule has 0 bridgehead atoms. The second kappa shape index (κ2) is 5.90. The van der Waals surface area contributed by atoms with E-state index in [0.717, 1.165) is 12.1 Å². The lowest BCUT2D eigenvalue weighted by molar-refractivity contribution is 0.763. The average molecular weight is 277 g/mol. The number of nitrogens with zero attached hydrogens (tertiary/aromatic N) is 1. The van der Waals surface area contributed by atoms with Gasteiger partial charge in [0.2, 0.25) is 0 Å². The van der Waals surface area contributed by atoms with E-state index in [1.54, 1.807) is 17.4 Å². The zero-order chi connectivity index (χ0) is 13.0. The number of anilines is 1. The first-order chi connectivity index (χ1) is 8.76. The average Bonchev–Trinajstić information content (AvgIpc) is 2.89. The fourth-order valence-corrected chi connectivity index (χ4v) is 2.89. The monoisotopic (exact) mass is 276 g/mol. The second-order valence-electron chi connectivity index (χ2n) is 3.89. The normalized spacial score (nSPS) is 11.8. The van der Waals surface area contributed by atoms with Gasteiger partial charge in [-0.3, -0.25) is 0 Å². The Hall–Kier alpha value is -1.50. The fourth-order valence-electron chi connectivity index (χ4n) is 1.81. The van der Waals surface area contributed by atoms with Crippen molar-refractivity contribution in [3.05, 3.63) is 51.2 Å². The van der Waals surface area contributed by atoms with Crippen LogP contribution in [0.15, 0.2) is 35.7 Å². The number of hydrogen-bond acceptors (Lipinski definition) is 3. The van der Waals surface area contributed by atoms with Crippen LogP contribution in [0.25, 0.3) is 0 Å². The zero-order valence-corrected chi connectivity index (χ0v) is 11.6. The number of hydrogen-bond donors (Lipinski definition) is 1. The molecule has 2 rings (SSSR count). The zero-order valence-electron chi connectivity index (χ0n) is 9.98. The van der Waals surface area contributed by atoms with Crippen LogP contribution in [0.2, 0.25) is 5.02 Å². The van der Waals surface area contributed by atoms with E-state index in [1.165, 1.54) is 4.88 Å². The molecule has 0 fully saturated rings. The first-order valence-corrected chi connectivity index (χ1v) is 7.00. The van der Waals surface area contributed by atoms with Crippen LogP contribution in [0.5, 0.6) is 0 Å². The van der Waals surface area contributed by atoms with E-state index in [4.69, 9.17) is 16.9 Å². The number of nitrogens with one attached hydrogen (secondary N) is 1. The Morgan fingerprint density at radius 3 is 2.83 bits per heavy atom. The van der Waals surface area contributed by atoms with Gasteiger partial charge in [-0.2, -0.15) is 5.26 Å². The molecular weight excluding hydrogens is 264 g/mol. The molecule has 0 amide bonds. The summed E-state index contributed by atoms with van der Waals surface area (Å²) in [7, 11) is 0. The first-order valence-electron chi connectivity index (χ1n) is 5.74. The van der Waals surface area contributed by atoms with Gasteiger partial charge in [-0.15, -0.1) is 11.3 Å². The Morgan fingerprint density at radius 2 is 2.22 bits per heavy atom. The molecule has 0 aliphatic carbocycles. The molecule has 0 saturated carbocycles. The van der Waals surface area contributed by atoms with Crippen molar-refractivity contribution in [3.8, 4) is 6.07 Å². The van der Waals surface area contributed by atoms with E-state index in [9.17, 15) is 0 Å². The van der Waals surface area contributed by atoms with Crippen molar-refractivity contribution in [3.63, 3.8) is 0 Å². The predicted octanol–water partition coefficient (Wildman–Crippen LogP) is 4.84. The number of halogens is 1. The molecule has 1 N–H and O–H groups in total. The van der Waals surface area contributed by atoms with E-state index in [2.05, 4.69) is 29.8 Å². The van der Waals surface area contributed by atoms with Crippen molar-refractivity contribution in [1.29, 1.82) is 5.26 Å². The van der Waals surface area contributed by atoms with Gasteiger partial charge in [-0.25, -0.2) is 0 Å². The SMILES string of the molecule is CCC(Nc1cccc(Cl)c1C#N)c1cccs1. The maximum Gasteiger partial charge on any atom is 0.103 e. The van der Waals surface area contributed by atoms with Gasteiger partial charge in [0.25, 0.3) is 0 Å². The maximum absolute atomic E-state index is 9.14. The van der Waals surface area contributed by atoms with Crippen LogP contribution in [0.4, 0.5) is 5.69 Å². The van der Waals surface area contributed by atoms with Crippen LogP contribution in [0.1, 0.15) is 29.8 Å². The molecule has 1 aromatic carbocycles. The minimum atomic E-state index is 0.218. The Bertz CT molecular complexity index is 558. The van der Waals surface area contributed by atoms with Crippen LogP contribution < -0.4 is 5.32 Å². The summed E-state index contributed by atoms with van der Waals surface area (Å²) in [6.07, 6.45) is 0.956. The van der Waals surface area contributed by atoms with Gasteiger partial charge >= 0.3 is 0 Å². The molecule has 2 nitrogen and oxygen atoms in total. The van der Waals surface area contributed by atoms with Gasteiger partial charge in [0, 0.05) is 4.88 Å². The van der Waals surface area contributed by atoms with Crippen molar-refractivity contribution in [2.24, 2.45) is 0 Å². The highest BCUT2D eigenvalue weighted by atomic mass is 35.5. The number of benzene rings is 1. The summed E-state index contributed by atoms with van der Waals surface area (Å²) in [5, 5.41) is 15.1. The molecule has 0 saturated heterocycles. The summed E-state index contributed by atoms with van der Waals surface area (Å²) in [5.74, 6) is 0. The van der Waals surface area contributed by atoms with Gasteiger partial charge in [0.15, 0.2) is 0 Å². The predicted molar refractivity (Wildman–Crippen MR) is 77.1 cm³/mol. The van der Waals surface area contributed by atoms with E-state index in [0.29, 0.717) is 10.6 Å². The van der Waals surface area contributed by atoms with Gasteiger partial charge in [-0.05, 0) is 30.0 Å². The Morgan fingerprint density at radius 1 is 1.39 bits per heavy atom. The lowest BCUT2D eigenvalue weighted by Gasteiger charge is -2.18. The van der Waals surface area contributed by atoms with E-state index < -0.39 is 0 Å². The van der Waals surface area contributed by atoms with E-state index in [1.807, 2.05) is 18.2 Å². The lowest BCUT2D eigenvalue weighted by atomic mass is 10.1. The summed E-state index contributed by atoms with van der Waals surface area (Å²) in [6.45, 7) is 2.12. The highest BCUT2D eigenvalue weighted by molar-refractivity contribution is 7.10. The smallest absolute Gasteiger partial charge is 0.103 e. The molecule has 0 spiro atoms. The van der Waals surface area contributed by atoms with Crippen molar-refractivity contribution >= 4 is 28.6 Å². The van der Waals surface area contributed by atoms with Crippen LogP contribution in [-0.2, 0) is 0 Å². The fraction of sp³-hybridized carbons (Fsp3) is 0.214. The van der Waals surface area contributed by atoms with Crippen LogP contribution >= 0.6 is 22.9 Å². The standard InChI is InChI=1S/C14H13ClN2S/c1-2-12(14-7-4-8-18-14)17-13-6-3-5-11(15)10(13)9-16/h3-8,12,17H,2H2,1H3. The maximum atomic E-state index is 9.14. The van der Waals surface area contributed by atoms with Crippen LogP contribution in [-0.4, -0.2) is 0 Å². The van der Waals surface area contributed by atoms with Crippen molar-refractivity contribution < 1.29 is 0 Å². The molecule has 4 heteroatoms. The Labute approximate surface area is 116 Å². The highest BCUT2D eigenvalue weighted by Gasteiger charge is 2.13. The lowest BCUT2D eigenvalue weighted by Crippen LogP contribution is -2.09. The molecular formula is C14H13ClN2S. The second-order valence-corrected chi connectivity index (χ2v) is 5.28. The third kappa shape index (κ3) is 2.66. The molecule has 1 heterocycles. The largest absolute Gasteiger partial charge is 0.376 e. The highest BCUT2D eigenvalue weighted by Crippen LogP contribution is 2.30. The number of thiophene rings is 1.